The van der Waals surface area contributed by atoms with Gasteiger partial charge in [-0.15, -0.1) is 0 Å². The zero-order valence-electron chi connectivity index (χ0n) is 17.9. The number of carbonyl (C=O) groups is 1. The number of aromatic amines is 1. The fraction of sp³-hybridized carbons (Fsp3) is 0.192. The molecule has 1 unspecified atom stereocenters. The van der Waals surface area contributed by atoms with Crippen molar-refractivity contribution in [2.45, 2.75) is 12.6 Å². The van der Waals surface area contributed by atoms with Gasteiger partial charge in [0.2, 0.25) is 0 Å². The lowest BCUT2D eigenvalue weighted by atomic mass is 10.0. The molecule has 0 radical (unpaired) electrons. The second kappa shape index (κ2) is 8.85. The predicted octanol–water partition coefficient (Wildman–Crippen LogP) is 4.27. The molecule has 1 fully saturated rings. The van der Waals surface area contributed by atoms with E-state index in [9.17, 15) is 14.4 Å². The third kappa shape index (κ3) is 4.21. The van der Waals surface area contributed by atoms with Gasteiger partial charge >= 0.3 is 0 Å². The Balaban J connectivity index is 1.47. The summed E-state index contributed by atoms with van der Waals surface area (Å²) in [5.74, 6) is 0.281. The topological polar surface area (TPSA) is 76.0 Å². The lowest BCUT2D eigenvalue weighted by Crippen LogP contribution is -2.50. The highest BCUT2D eigenvalue weighted by atomic mass is 19.1. The molecule has 0 aliphatic carbocycles. The lowest BCUT2D eigenvalue weighted by molar-refractivity contribution is 0.0439. The number of nitrogens with zero attached hydrogens (tertiary/aromatic N) is 4. The minimum atomic E-state index is -0.368. The van der Waals surface area contributed by atoms with E-state index >= 15 is 0 Å². The van der Waals surface area contributed by atoms with Crippen LogP contribution >= 0.6 is 0 Å². The number of aromatic nitrogens is 2. The van der Waals surface area contributed by atoms with Crippen LogP contribution in [0.25, 0.3) is 11.0 Å². The molecule has 0 saturated carbocycles. The van der Waals surface area contributed by atoms with Gasteiger partial charge in [0, 0.05) is 31.7 Å². The van der Waals surface area contributed by atoms with Crippen LogP contribution in [-0.2, 0) is 6.54 Å². The molecule has 33 heavy (non-hydrogen) atoms. The van der Waals surface area contributed by atoms with Crippen molar-refractivity contribution in [3.05, 3.63) is 101 Å². The van der Waals surface area contributed by atoms with Crippen LogP contribution in [0.15, 0.2) is 72.8 Å². The molecule has 4 aromatic rings. The Labute approximate surface area is 190 Å². The number of benzene rings is 3. The van der Waals surface area contributed by atoms with Gasteiger partial charge in [0.25, 0.3) is 5.91 Å². The molecule has 1 aliphatic heterocycles. The Morgan fingerprint density at radius 1 is 1.06 bits per heavy atom. The smallest absolute Gasteiger partial charge is 0.253 e. The van der Waals surface area contributed by atoms with Crippen molar-refractivity contribution in [2.24, 2.45) is 0 Å². The van der Waals surface area contributed by atoms with Crippen LogP contribution in [0, 0.1) is 17.1 Å². The number of halogens is 1. The average Bonchev–Trinajstić information content (AvgIpc) is 3.29. The van der Waals surface area contributed by atoms with Crippen molar-refractivity contribution in [1.82, 2.24) is 19.8 Å². The lowest BCUT2D eigenvalue weighted by Gasteiger charge is -2.40. The monoisotopic (exact) mass is 439 g/mol. The van der Waals surface area contributed by atoms with E-state index in [-0.39, 0.29) is 17.8 Å². The van der Waals surface area contributed by atoms with Crippen LogP contribution in [-0.4, -0.2) is 45.3 Å². The van der Waals surface area contributed by atoms with E-state index in [1.54, 1.807) is 4.90 Å². The fourth-order valence-corrected chi connectivity index (χ4v) is 4.35. The summed E-state index contributed by atoms with van der Waals surface area (Å²) in [7, 11) is 0. The van der Waals surface area contributed by atoms with E-state index in [4.69, 9.17) is 4.98 Å². The van der Waals surface area contributed by atoms with E-state index < -0.39 is 0 Å². The Hall–Kier alpha value is -4.02. The van der Waals surface area contributed by atoms with Gasteiger partial charge in [0.1, 0.15) is 11.6 Å². The molecule has 1 saturated heterocycles. The van der Waals surface area contributed by atoms with Crippen molar-refractivity contribution < 1.29 is 9.18 Å². The first-order valence-electron chi connectivity index (χ1n) is 10.8. The summed E-state index contributed by atoms with van der Waals surface area (Å²) in [5, 5.41) is 9.52. The van der Waals surface area contributed by atoms with Crippen molar-refractivity contribution in [1.29, 1.82) is 5.26 Å². The van der Waals surface area contributed by atoms with Gasteiger partial charge in [-0.25, -0.2) is 9.37 Å². The molecule has 1 aliphatic rings. The third-order valence-electron chi connectivity index (χ3n) is 6.10. The number of nitrogens with one attached hydrogen (secondary N) is 1. The summed E-state index contributed by atoms with van der Waals surface area (Å²) in [5.41, 5.74) is 3.85. The first-order chi connectivity index (χ1) is 16.1. The zero-order chi connectivity index (χ0) is 22.8. The van der Waals surface area contributed by atoms with Crippen molar-refractivity contribution in [3.8, 4) is 6.07 Å². The highest BCUT2D eigenvalue weighted by Crippen LogP contribution is 2.28. The van der Waals surface area contributed by atoms with Crippen LogP contribution in [0.4, 0.5) is 4.39 Å². The van der Waals surface area contributed by atoms with Crippen molar-refractivity contribution in [2.75, 3.05) is 19.6 Å². The Bertz CT molecular complexity index is 1310. The Morgan fingerprint density at radius 2 is 1.82 bits per heavy atom. The van der Waals surface area contributed by atoms with Crippen molar-refractivity contribution in [3.63, 3.8) is 0 Å². The average molecular weight is 439 g/mol. The number of piperazine rings is 1. The molecule has 5 rings (SSSR count). The van der Waals surface area contributed by atoms with Crippen molar-refractivity contribution >= 4 is 16.9 Å². The molecule has 1 aromatic heterocycles. The summed E-state index contributed by atoms with van der Waals surface area (Å²) in [6, 6.07) is 23.1. The maximum absolute atomic E-state index is 13.3. The van der Waals surface area contributed by atoms with E-state index in [0.29, 0.717) is 37.3 Å². The third-order valence-corrected chi connectivity index (χ3v) is 6.10. The summed E-state index contributed by atoms with van der Waals surface area (Å²) in [6.45, 7) is 2.16. The molecule has 6 nitrogen and oxygen atoms in total. The van der Waals surface area contributed by atoms with Crippen LogP contribution < -0.4 is 0 Å². The highest BCUT2D eigenvalue weighted by molar-refractivity contribution is 5.94. The van der Waals surface area contributed by atoms with Crippen LogP contribution in [0.5, 0.6) is 0 Å². The van der Waals surface area contributed by atoms with Gasteiger partial charge in [0.15, 0.2) is 0 Å². The number of amides is 1. The van der Waals surface area contributed by atoms with Gasteiger partial charge in [-0.3, -0.25) is 9.69 Å². The van der Waals surface area contributed by atoms with Crippen LogP contribution in [0.2, 0.25) is 0 Å². The number of carbonyl (C=O) groups excluding carboxylic acids is 1. The largest absolute Gasteiger partial charge is 0.341 e. The molecule has 1 amide bonds. The SMILES string of the molecule is N#Cc1ccccc1CN1CCN(C(=O)c2ccc(F)cc2)CC1c1nc2ccccc2[nH]1. The summed E-state index contributed by atoms with van der Waals surface area (Å²) < 4.78 is 13.3. The van der Waals surface area contributed by atoms with Gasteiger partial charge in [0.05, 0.1) is 28.7 Å². The van der Waals surface area contributed by atoms with E-state index in [1.807, 2.05) is 48.5 Å². The van der Waals surface area contributed by atoms with Gasteiger partial charge in [-0.1, -0.05) is 30.3 Å². The number of rotatable bonds is 4. The molecule has 1 atom stereocenters. The molecular weight excluding hydrogens is 417 g/mol. The second-order valence-electron chi connectivity index (χ2n) is 8.15. The minimum absolute atomic E-state index is 0.131. The minimum Gasteiger partial charge on any atom is -0.341 e. The molecule has 2 heterocycles. The Kier molecular flexibility index (Phi) is 5.59. The second-order valence-corrected chi connectivity index (χ2v) is 8.15. The Morgan fingerprint density at radius 3 is 2.61 bits per heavy atom. The molecule has 3 aromatic carbocycles. The summed E-state index contributed by atoms with van der Waals surface area (Å²) in [6.07, 6.45) is 0. The van der Waals surface area contributed by atoms with Crippen LogP contribution in [0.3, 0.4) is 0 Å². The summed E-state index contributed by atoms with van der Waals surface area (Å²) >= 11 is 0. The first kappa shape index (κ1) is 20.9. The number of imidazole rings is 1. The molecule has 7 heteroatoms. The maximum atomic E-state index is 13.3. The van der Waals surface area contributed by atoms with E-state index in [2.05, 4.69) is 16.0 Å². The maximum Gasteiger partial charge on any atom is 0.253 e. The van der Waals surface area contributed by atoms with E-state index in [1.165, 1.54) is 24.3 Å². The fourth-order valence-electron chi connectivity index (χ4n) is 4.35. The number of H-pyrrole nitrogens is 1. The highest BCUT2D eigenvalue weighted by Gasteiger charge is 2.33. The first-order valence-corrected chi connectivity index (χ1v) is 10.8. The normalized spacial score (nSPS) is 16.6. The zero-order valence-corrected chi connectivity index (χ0v) is 17.9. The van der Waals surface area contributed by atoms with Gasteiger partial charge in [-0.2, -0.15) is 5.26 Å². The number of para-hydroxylation sites is 2. The molecule has 164 valence electrons. The number of nitriles is 1. The molecule has 1 N–H and O–H groups in total. The number of fused-ring (bicyclic) bond motifs is 1. The molecular formula is C26H22FN5O. The number of hydrogen-bond acceptors (Lipinski definition) is 4. The quantitative estimate of drug-likeness (QED) is 0.515. The molecule has 0 spiro atoms. The number of hydrogen-bond donors (Lipinski definition) is 1. The standard InChI is InChI=1S/C26H22FN5O/c27-21-11-9-18(10-12-21)26(33)32-14-13-31(16-20-6-2-1-5-19(20)15-28)24(17-32)25-29-22-7-3-4-8-23(22)30-25/h1-12,24H,13-14,16-17H2,(H,29,30). The van der Waals surface area contributed by atoms with E-state index in [0.717, 1.165) is 22.4 Å². The van der Waals surface area contributed by atoms with Gasteiger partial charge in [-0.05, 0) is 48.0 Å². The summed E-state index contributed by atoms with van der Waals surface area (Å²) in [4.78, 5) is 25.4. The molecule has 0 bridgehead atoms. The van der Waals surface area contributed by atoms with Crippen LogP contribution in [0.1, 0.15) is 33.4 Å². The van der Waals surface area contributed by atoms with Gasteiger partial charge < -0.3 is 9.88 Å². The predicted molar refractivity (Wildman–Crippen MR) is 123 cm³/mol.